The largest absolute Gasteiger partial charge is 0.489 e. The lowest BCUT2D eigenvalue weighted by Crippen LogP contribution is -2.58. The second-order valence-electron chi connectivity index (χ2n) is 14.8. The highest BCUT2D eigenvalue weighted by Gasteiger charge is 2.33. The zero-order valence-electron chi connectivity index (χ0n) is 32.2. The van der Waals surface area contributed by atoms with Crippen molar-refractivity contribution in [1.29, 1.82) is 0 Å². The van der Waals surface area contributed by atoms with Crippen molar-refractivity contribution in [2.75, 3.05) is 7.11 Å². The predicted octanol–water partition coefficient (Wildman–Crippen LogP) is 3.69. The van der Waals surface area contributed by atoms with Gasteiger partial charge in [-0.15, -0.1) is 0 Å². The summed E-state index contributed by atoms with van der Waals surface area (Å²) in [5.74, 6) is -2.90. The van der Waals surface area contributed by atoms with E-state index in [1.54, 1.807) is 45.0 Å². The van der Waals surface area contributed by atoms with Crippen LogP contribution in [0.3, 0.4) is 0 Å². The molecule has 0 saturated heterocycles. The summed E-state index contributed by atoms with van der Waals surface area (Å²) in [4.78, 5) is 78.2. The highest BCUT2D eigenvalue weighted by atomic mass is 16.6. The number of hydrogen-bond acceptors (Lipinski definition) is 9. The van der Waals surface area contributed by atoms with Crippen LogP contribution < -0.4 is 31.7 Å². The van der Waals surface area contributed by atoms with Gasteiger partial charge in [-0.3, -0.25) is 19.2 Å². The van der Waals surface area contributed by atoms with E-state index in [2.05, 4.69) is 21.3 Å². The molecule has 14 nitrogen and oxygen atoms in total. The summed E-state index contributed by atoms with van der Waals surface area (Å²) in [6.07, 6.45) is -0.729. The maximum absolute atomic E-state index is 14.0. The molecular formula is C39H57N5O9. The Labute approximate surface area is 312 Å². The van der Waals surface area contributed by atoms with Crippen LogP contribution in [-0.4, -0.2) is 72.6 Å². The molecule has 0 bridgehead atoms. The molecule has 0 aromatic heterocycles. The van der Waals surface area contributed by atoms with Crippen molar-refractivity contribution in [3.63, 3.8) is 0 Å². The number of carbonyl (C=O) groups excluding carboxylic acids is 6. The molecule has 0 spiro atoms. The monoisotopic (exact) mass is 739 g/mol. The molecule has 0 heterocycles. The van der Waals surface area contributed by atoms with E-state index < -0.39 is 65.5 Å². The maximum Gasteiger partial charge on any atom is 0.408 e. The normalized spacial score (nSPS) is 13.5. The third-order valence-corrected chi connectivity index (χ3v) is 7.78. The van der Waals surface area contributed by atoms with Gasteiger partial charge in [-0.25, -0.2) is 9.59 Å². The number of rotatable bonds is 20. The first-order valence-electron chi connectivity index (χ1n) is 17.9. The number of hydrogen-bond donors (Lipinski definition) is 5. The molecule has 0 aliphatic rings. The third kappa shape index (κ3) is 17.3. The summed E-state index contributed by atoms with van der Waals surface area (Å²) < 4.78 is 16.1. The fraction of sp³-hybridized carbons (Fsp3) is 0.538. The molecule has 5 amide bonds. The van der Waals surface area contributed by atoms with Crippen LogP contribution in [-0.2, 0) is 46.5 Å². The molecule has 0 saturated carbocycles. The number of carbonyl (C=O) groups is 6. The van der Waals surface area contributed by atoms with Gasteiger partial charge in [0.05, 0.1) is 7.11 Å². The van der Waals surface area contributed by atoms with Crippen molar-refractivity contribution >= 4 is 35.7 Å². The molecular weight excluding hydrogens is 682 g/mol. The van der Waals surface area contributed by atoms with Gasteiger partial charge in [0.25, 0.3) is 0 Å². The number of ether oxygens (including phenoxy) is 3. The van der Waals surface area contributed by atoms with Gasteiger partial charge in [0.15, 0.2) is 0 Å². The number of benzene rings is 2. The summed E-state index contributed by atoms with van der Waals surface area (Å²) in [5.41, 5.74) is 6.21. The zero-order valence-corrected chi connectivity index (χ0v) is 32.2. The fourth-order valence-electron chi connectivity index (χ4n) is 5.26. The van der Waals surface area contributed by atoms with Gasteiger partial charge in [0.2, 0.25) is 23.6 Å². The molecule has 292 valence electrons. The van der Waals surface area contributed by atoms with Gasteiger partial charge in [-0.1, -0.05) is 70.2 Å². The molecule has 14 heteroatoms. The Kier molecular flexibility index (Phi) is 17.8. The van der Waals surface area contributed by atoms with Crippen LogP contribution in [0.2, 0.25) is 0 Å². The molecule has 2 rings (SSSR count). The molecule has 6 N–H and O–H groups in total. The van der Waals surface area contributed by atoms with Gasteiger partial charge < -0.3 is 41.2 Å². The van der Waals surface area contributed by atoms with Crippen LogP contribution in [0, 0.1) is 11.8 Å². The second-order valence-corrected chi connectivity index (χ2v) is 14.8. The Morgan fingerprint density at radius 2 is 1.21 bits per heavy atom. The van der Waals surface area contributed by atoms with Crippen LogP contribution in [0.25, 0.3) is 0 Å². The SMILES string of the molecule is COC(=O)[C@H](CC(C)C)NC(=O)[C@H](CCC(N)=O)NC(=O)[C@H](Cc1ccc(OCc2ccccc2)cc1)NC(=O)[C@H](CC(C)C)NC(=O)OC(C)(C)C. The van der Waals surface area contributed by atoms with E-state index in [4.69, 9.17) is 19.9 Å². The van der Waals surface area contributed by atoms with Crippen LogP contribution in [0.5, 0.6) is 5.75 Å². The minimum Gasteiger partial charge on any atom is -0.489 e. The Hall–Kier alpha value is -5.14. The predicted molar refractivity (Wildman–Crippen MR) is 199 cm³/mol. The summed E-state index contributed by atoms with van der Waals surface area (Å²) >= 11 is 0. The fourth-order valence-corrected chi connectivity index (χ4v) is 5.26. The second kappa shape index (κ2) is 21.4. The number of methoxy groups -OCH3 is 1. The summed E-state index contributed by atoms with van der Waals surface area (Å²) in [7, 11) is 1.20. The molecule has 0 radical (unpaired) electrons. The minimum atomic E-state index is -1.30. The van der Waals surface area contributed by atoms with Gasteiger partial charge in [0, 0.05) is 12.8 Å². The number of alkyl carbamates (subject to hydrolysis) is 1. The lowest BCUT2D eigenvalue weighted by atomic mass is 10.0. The molecule has 0 aliphatic heterocycles. The average Bonchev–Trinajstić information content (AvgIpc) is 3.07. The quantitative estimate of drug-likeness (QED) is 0.126. The van der Waals surface area contributed by atoms with Crippen LogP contribution >= 0.6 is 0 Å². The van der Waals surface area contributed by atoms with Crippen molar-refractivity contribution in [2.24, 2.45) is 17.6 Å². The van der Waals surface area contributed by atoms with Gasteiger partial charge in [-0.05, 0) is 75.1 Å². The topological polar surface area (TPSA) is 204 Å². The summed E-state index contributed by atoms with van der Waals surface area (Å²) in [6.45, 7) is 12.9. The van der Waals surface area contributed by atoms with E-state index in [9.17, 15) is 28.8 Å². The van der Waals surface area contributed by atoms with E-state index >= 15 is 0 Å². The van der Waals surface area contributed by atoms with Crippen molar-refractivity contribution in [3.05, 3.63) is 65.7 Å². The smallest absolute Gasteiger partial charge is 0.408 e. The molecule has 0 aliphatic carbocycles. The molecule has 2 aromatic rings. The van der Waals surface area contributed by atoms with Crippen LogP contribution in [0.4, 0.5) is 4.79 Å². The van der Waals surface area contributed by atoms with Crippen molar-refractivity contribution in [1.82, 2.24) is 21.3 Å². The lowest BCUT2D eigenvalue weighted by Gasteiger charge is -2.27. The highest BCUT2D eigenvalue weighted by Crippen LogP contribution is 2.17. The number of nitrogens with one attached hydrogen (secondary N) is 4. The van der Waals surface area contributed by atoms with E-state index in [0.717, 1.165) is 5.56 Å². The van der Waals surface area contributed by atoms with Crippen molar-refractivity contribution < 1.29 is 43.0 Å². The van der Waals surface area contributed by atoms with Crippen molar-refractivity contribution in [2.45, 2.75) is 117 Å². The number of primary amides is 1. The Bertz CT molecular complexity index is 1510. The Balaban J connectivity index is 2.39. The van der Waals surface area contributed by atoms with E-state index in [1.807, 2.05) is 58.0 Å². The molecule has 0 fully saturated rings. The zero-order chi connectivity index (χ0) is 39.7. The first-order valence-corrected chi connectivity index (χ1v) is 17.9. The maximum atomic E-state index is 14.0. The lowest BCUT2D eigenvalue weighted by molar-refractivity contribution is -0.146. The molecule has 53 heavy (non-hydrogen) atoms. The molecule has 4 atom stereocenters. The molecule has 2 aromatic carbocycles. The Morgan fingerprint density at radius 3 is 1.75 bits per heavy atom. The van der Waals surface area contributed by atoms with Gasteiger partial charge in [-0.2, -0.15) is 0 Å². The van der Waals surface area contributed by atoms with E-state index in [0.29, 0.717) is 17.9 Å². The van der Waals surface area contributed by atoms with Crippen LogP contribution in [0.15, 0.2) is 54.6 Å². The highest BCUT2D eigenvalue weighted by molar-refractivity contribution is 5.95. The van der Waals surface area contributed by atoms with Crippen LogP contribution in [0.1, 0.15) is 85.3 Å². The average molecular weight is 740 g/mol. The number of amides is 5. The van der Waals surface area contributed by atoms with E-state index in [1.165, 1.54) is 7.11 Å². The molecule has 0 unspecified atom stereocenters. The number of esters is 1. The van der Waals surface area contributed by atoms with Crippen molar-refractivity contribution in [3.8, 4) is 5.75 Å². The minimum absolute atomic E-state index is 0.0142. The first-order chi connectivity index (χ1) is 24.9. The Morgan fingerprint density at radius 1 is 0.679 bits per heavy atom. The third-order valence-electron chi connectivity index (χ3n) is 7.78. The van der Waals surface area contributed by atoms with Gasteiger partial charge in [0.1, 0.15) is 42.1 Å². The van der Waals surface area contributed by atoms with Gasteiger partial charge >= 0.3 is 12.1 Å². The standard InChI is InChI=1S/C39H57N5O9/c1-24(2)20-30(44-38(50)53-39(5,6)7)35(47)42-31(22-26-14-16-28(17-15-26)52-23-27-12-10-9-11-13-27)36(48)41-29(18-19-33(40)45)34(46)43-32(21-25(3)4)37(49)51-8/h9-17,24-25,29-32H,18-23H2,1-8H3,(H2,40,45)(H,41,48)(H,42,47)(H,43,46)(H,44,50)/t29-,30-,31-,32-/m0/s1. The van der Waals surface area contributed by atoms with E-state index in [-0.39, 0.29) is 43.9 Å². The summed E-state index contributed by atoms with van der Waals surface area (Å²) in [6, 6.07) is 12.0. The first kappa shape index (κ1) is 44.0. The number of nitrogens with two attached hydrogens (primary N) is 1. The summed E-state index contributed by atoms with van der Waals surface area (Å²) in [5, 5.41) is 10.6.